The molecule has 0 bridgehead atoms. The number of nitrogens with zero attached hydrogens (tertiary/aromatic N) is 2. The molecule has 0 atom stereocenters. The Morgan fingerprint density at radius 3 is 2.35 bits per heavy atom. The molecule has 3 aromatic rings. The Balaban J connectivity index is 2.00. The van der Waals surface area contributed by atoms with E-state index in [0.29, 0.717) is 17.0 Å². The van der Waals surface area contributed by atoms with Gasteiger partial charge in [-0.1, -0.05) is 60.7 Å². The Kier molecular flexibility index (Phi) is 5.42. The van der Waals surface area contributed by atoms with Gasteiger partial charge in [-0.2, -0.15) is 5.10 Å². The highest BCUT2D eigenvalue weighted by Gasteiger charge is 2.19. The summed E-state index contributed by atoms with van der Waals surface area (Å²) in [6.45, 7) is 2.14. The van der Waals surface area contributed by atoms with Crippen molar-refractivity contribution in [3.05, 3.63) is 78.0 Å². The lowest BCUT2D eigenvalue weighted by molar-refractivity contribution is 0.0513. The minimum atomic E-state index is -0.472. The molecule has 3 rings (SSSR count). The average molecular weight is 346 g/mol. The average Bonchev–Trinajstić information content (AvgIpc) is 3.12. The standard InChI is InChI=1S/C21H18N2O3/c1-2-26-21(25)20-13-19(17-11-7-4-8-12-17)22-23(20)14-18(15-24)16-9-5-3-6-10-16/h3-13H,2,14H2,1H3. The van der Waals surface area contributed by atoms with Crippen LogP contribution in [0.3, 0.4) is 0 Å². The highest BCUT2D eigenvalue weighted by atomic mass is 16.5. The molecule has 5 heteroatoms. The summed E-state index contributed by atoms with van der Waals surface area (Å²) in [5, 5.41) is 4.51. The summed E-state index contributed by atoms with van der Waals surface area (Å²) in [7, 11) is 0. The van der Waals surface area contributed by atoms with Gasteiger partial charge in [0.15, 0.2) is 0 Å². The van der Waals surface area contributed by atoms with Crippen LogP contribution in [0.5, 0.6) is 0 Å². The van der Waals surface area contributed by atoms with Crippen molar-refractivity contribution in [1.29, 1.82) is 0 Å². The third-order valence-electron chi connectivity index (χ3n) is 3.89. The van der Waals surface area contributed by atoms with E-state index in [0.717, 1.165) is 11.1 Å². The van der Waals surface area contributed by atoms with E-state index in [1.165, 1.54) is 4.68 Å². The fraction of sp³-hybridized carbons (Fsp3) is 0.143. The monoisotopic (exact) mass is 346 g/mol. The van der Waals surface area contributed by atoms with Gasteiger partial charge in [-0.3, -0.25) is 4.68 Å². The van der Waals surface area contributed by atoms with E-state index in [1.54, 1.807) is 13.0 Å². The van der Waals surface area contributed by atoms with E-state index in [4.69, 9.17) is 4.74 Å². The molecule has 0 aliphatic heterocycles. The Morgan fingerprint density at radius 2 is 1.73 bits per heavy atom. The summed E-state index contributed by atoms with van der Waals surface area (Å²) < 4.78 is 6.62. The van der Waals surface area contributed by atoms with E-state index in [-0.39, 0.29) is 13.2 Å². The second-order valence-corrected chi connectivity index (χ2v) is 5.61. The first-order chi connectivity index (χ1) is 12.7. The van der Waals surface area contributed by atoms with Gasteiger partial charge in [0.05, 0.1) is 24.4 Å². The largest absolute Gasteiger partial charge is 0.461 e. The van der Waals surface area contributed by atoms with Gasteiger partial charge in [-0.05, 0) is 18.6 Å². The van der Waals surface area contributed by atoms with Crippen molar-refractivity contribution in [3.63, 3.8) is 0 Å². The Morgan fingerprint density at radius 1 is 1.08 bits per heavy atom. The number of esters is 1. The van der Waals surface area contributed by atoms with Crippen LogP contribution in [0.15, 0.2) is 66.7 Å². The fourth-order valence-corrected chi connectivity index (χ4v) is 2.63. The molecule has 0 N–H and O–H groups in total. The van der Waals surface area contributed by atoms with Crippen molar-refractivity contribution in [3.8, 4) is 11.3 Å². The highest BCUT2D eigenvalue weighted by molar-refractivity contribution is 5.91. The number of ether oxygens (including phenoxy) is 1. The van der Waals surface area contributed by atoms with E-state index < -0.39 is 5.97 Å². The van der Waals surface area contributed by atoms with Crippen LogP contribution in [-0.2, 0) is 16.1 Å². The third kappa shape index (κ3) is 3.79. The summed E-state index contributed by atoms with van der Waals surface area (Å²) >= 11 is 0. The van der Waals surface area contributed by atoms with Crippen LogP contribution < -0.4 is 0 Å². The molecule has 0 unspecified atom stereocenters. The van der Waals surface area contributed by atoms with Crippen molar-refractivity contribution in [1.82, 2.24) is 9.78 Å². The maximum Gasteiger partial charge on any atom is 0.356 e. The molecule has 0 spiro atoms. The highest BCUT2D eigenvalue weighted by Crippen LogP contribution is 2.22. The van der Waals surface area contributed by atoms with E-state index in [1.807, 2.05) is 66.6 Å². The molecular formula is C21H18N2O3. The minimum Gasteiger partial charge on any atom is -0.461 e. The molecule has 0 aliphatic rings. The molecule has 1 heterocycles. The topological polar surface area (TPSA) is 61.2 Å². The molecule has 2 aromatic carbocycles. The maximum absolute atomic E-state index is 12.3. The second kappa shape index (κ2) is 8.10. The van der Waals surface area contributed by atoms with Crippen molar-refractivity contribution in [2.75, 3.05) is 6.61 Å². The molecule has 0 aliphatic carbocycles. The number of rotatable bonds is 6. The molecule has 0 saturated heterocycles. The van der Waals surface area contributed by atoms with Crippen LogP contribution in [0, 0.1) is 0 Å². The molecule has 0 fully saturated rings. The van der Waals surface area contributed by atoms with Gasteiger partial charge in [-0.25, -0.2) is 9.59 Å². The smallest absolute Gasteiger partial charge is 0.356 e. The second-order valence-electron chi connectivity index (χ2n) is 5.61. The van der Waals surface area contributed by atoms with Gasteiger partial charge >= 0.3 is 5.97 Å². The predicted octanol–water partition coefficient (Wildman–Crippen LogP) is 3.64. The third-order valence-corrected chi connectivity index (χ3v) is 3.89. The summed E-state index contributed by atoms with van der Waals surface area (Å²) in [4.78, 5) is 23.8. The number of hydrogen-bond donors (Lipinski definition) is 0. The lowest BCUT2D eigenvalue weighted by Gasteiger charge is -2.08. The fourth-order valence-electron chi connectivity index (χ4n) is 2.63. The Bertz CT molecular complexity index is 940. The van der Waals surface area contributed by atoms with Crippen LogP contribution in [0.2, 0.25) is 0 Å². The molecule has 5 nitrogen and oxygen atoms in total. The van der Waals surface area contributed by atoms with Gasteiger partial charge in [0.25, 0.3) is 0 Å². The number of carbonyl (C=O) groups excluding carboxylic acids is 2. The van der Waals surface area contributed by atoms with Gasteiger partial charge < -0.3 is 4.74 Å². The molecular weight excluding hydrogens is 328 g/mol. The normalized spacial score (nSPS) is 10.2. The maximum atomic E-state index is 12.3. The zero-order valence-corrected chi connectivity index (χ0v) is 14.4. The zero-order valence-electron chi connectivity index (χ0n) is 14.4. The molecule has 130 valence electrons. The van der Waals surface area contributed by atoms with E-state index in [9.17, 15) is 9.59 Å². The van der Waals surface area contributed by atoms with Gasteiger partial charge in [0, 0.05) is 5.56 Å². The minimum absolute atomic E-state index is 0.133. The van der Waals surface area contributed by atoms with Gasteiger partial charge in [0.2, 0.25) is 0 Å². The lowest BCUT2D eigenvalue weighted by atomic mass is 10.1. The van der Waals surface area contributed by atoms with Crippen molar-refractivity contribution in [2.45, 2.75) is 13.5 Å². The molecule has 0 saturated carbocycles. The quantitative estimate of drug-likeness (QED) is 0.505. The van der Waals surface area contributed by atoms with E-state index in [2.05, 4.69) is 5.10 Å². The Labute approximate surface area is 151 Å². The zero-order chi connectivity index (χ0) is 18.4. The number of benzene rings is 2. The summed E-state index contributed by atoms with van der Waals surface area (Å²) in [6.07, 6.45) is 0. The predicted molar refractivity (Wildman–Crippen MR) is 99.2 cm³/mol. The van der Waals surface area contributed by atoms with Crippen LogP contribution in [0.25, 0.3) is 16.8 Å². The first kappa shape index (κ1) is 17.4. The first-order valence-corrected chi connectivity index (χ1v) is 8.32. The molecule has 0 radical (unpaired) electrons. The van der Waals surface area contributed by atoms with Gasteiger partial charge in [0.1, 0.15) is 11.6 Å². The number of carbonyl (C=O) groups is 1. The Hall–Kier alpha value is -3.43. The number of aromatic nitrogens is 2. The molecule has 26 heavy (non-hydrogen) atoms. The summed E-state index contributed by atoms with van der Waals surface area (Å²) in [5.41, 5.74) is 2.99. The number of hydrogen-bond acceptors (Lipinski definition) is 4. The van der Waals surface area contributed by atoms with Crippen molar-refractivity contribution in [2.24, 2.45) is 0 Å². The van der Waals surface area contributed by atoms with Crippen molar-refractivity contribution >= 4 is 17.5 Å². The van der Waals surface area contributed by atoms with Gasteiger partial charge in [-0.15, -0.1) is 0 Å². The van der Waals surface area contributed by atoms with Crippen LogP contribution in [-0.4, -0.2) is 28.3 Å². The molecule has 1 aromatic heterocycles. The number of allylic oxidation sites excluding steroid dienone is 1. The van der Waals surface area contributed by atoms with E-state index >= 15 is 0 Å². The first-order valence-electron chi connectivity index (χ1n) is 8.32. The lowest BCUT2D eigenvalue weighted by Crippen LogP contribution is -2.14. The SMILES string of the molecule is CCOC(=O)c1cc(-c2ccccc2)nn1CC(=C=O)c1ccccc1. The summed E-state index contributed by atoms with van der Waals surface area (Å²) in [6, 6.07) is 20.4. The van der Waals surface area contributed by atoms with Crippen LogP contribution in [0.4, 0.5) is 0 Å². The van der Waals surface area contributed by atoms with Crippen LogP contribution in [0.1, 0.15) is 23.0 Å². The van der Waals surface area contributed by atoms with Crippen molar-refractivity contribution < 1.29 is 14.3 Å². The summed E-state index contributed by atoms with van der Waals surface area (Å²) in [5.74, 6) is 1.50. The van der Waals surface area contributed by atoms with Crippen LogP contribution >= 0.6 is 0 Å². The molecule has 0 amide bonds.